The number of nitriles is 1. The smallest absolute Gasteiger partial charge is 0.293 e. The lowest BCUT2D eigenvalue weighted by Crippen LogP contribution is -2.07. The van der Waals surface area contributed by atoms with Crippen LogP contribution in [0.1, 0.15) is 22.9 Å². The third kappa shape index (κ3) is 3.90. The molecule has 0 aliphatic rings. The number of aromatic amines is 1. The quantitative estimate of drug-likeness (QED) is 0.660. The van der Waals surface area contributed by atoms with Crippen LogP contribution in [-0.4, -0.2) is 16.7 Å². The molecule has 1 heterocycles. The van der Waals surface area contributed by atoms with E-state index >= 15 is 0 Å². The molecule has 26 heavy (non-hydrogen) atoms. The molecule has 1 N–H and O–H groups in total. The zero-order valence-corrected chi connectivity index (χ0v) is 14.2. The second kappa shape index (κ2) is 7.81. The molecule has 1 atom stereocenters. The van der Waals surface area contributed by atoms with Crippen molar-refractivity contribution in [2.24, 2.45) is 0 Å². The molecule has 130 valence electrons. The van der Waals surface area contributed by atoms with E-state index in [1.54, 1.807) is 36.4 Å². The largest absolute Gasteiger partial charge is 0.459 e. The Hall–Kier alpha value is -3.17. The fourth-order valence-electron chi connectivity index (χ4n) is 2.59. The average Bonchev–Trinajstić information content (AvgIpc) is 3.12. The van der Waals surface area contributed by atoms with Gasteiger partial charge in [0.1, 0.15) is 11.9 Å². The molecule has 0 saturated heterocycles. The molecule has 1 unspecified atom stereocenters. The van der Waals surface area contributed by atoms with E-state index in [9.17, 15) is 9.18 Å². The van der Waals surface area contributed by atoms with Crippen molar-refractivity contribution < 1.29 is 13.9 Å². The van der Waals surface area contributed by atoms with E-state index in [0.717, 1.165) is 5.69 Å². The molecule has 7 heteroatoms. The zero-order valence-electron chi connectivity index (χ0n) is 13.4. The second-order valence-electron chi connectivity index (χ2n) is 5.57. The van der Waals surface area contributed by atoms with E-state index in [0.29, 0.717) is 35.3 Å². The van der Waals surface area contributed by atoms with Crippen LogP contribution in [0.15, 0.2) is 48.5 Å². The minimum Gasteiger partial charge on any atom is -0.459 e. The van der Waals surface area contributed by atoms with Gasteiger partial charge in [0, 0.05) is 17.7 Å². The van der Waals surface area contributed by atoms with Crippen molar-refractivity contribution in [3.8, 4) is 17.3 Å². The molecule has 0 fully saturated rings. The standard InChI is InChI=1S/C19H13ClFN3O2/c20-16-7-13(4-5-17(16)21)18-8-15(23-24-18)9-19(26-11-25)14-3-1-2-12(6-14)10-22/h1-8,11,19H,9H2,(H,23,24). The summed E-state index contributed by atoms with van der Waals surface area (Å²) in [5.41, 5.74) is 3.16. The molecule has 0 amide bonds. The summed E-state index contributed by atoms with van der Waals surface area (Å²) in [5, 5.41) is 16.1. The summed E-state index contributed by atoms with van der Waals surface area (Å²) in [6.07, 6.45) is -0.221. The maximum absolute atomic E-state index is 13.3. The Morgan fingerprint density at radius 1 is 1.31 bits per heavy atom. The highest BCUT2D eigenvalue weighted by Crippen LogP contribution is 2.26. The zero-order chi connectivity index (χ0) is 18.5. The van der Waals surface area contributed by atoms with Gasteiger partial charge in [0.25, 0.3) is 6.47 Å². The Balaban J connectivity index is 1.84. The van der Waals surface area contributed by atoms with Crippen LogP contribution in [0.2, 0.25) is 5.02 Å². The lowest BCUT2D eigenvalue weighted by atomic mass is 10.0. The molecule has 3 rings (SSSR count). The van der Waals surface area contributed by atoms with Crippen molar-refractivity contribution in [2.45, 2.75) is 12.5 Å². The molecule has 1 aromatic heterocycles. The van der Waals surface area contributed by atoms with E-state index in [4.69, 9.17) is 21.6 Å². The van der Waals surface area contributed by atoms with Crippen LogP contribution >= 0.6 is 11.6 Å². The first-order valence-electron chi connectivity index (χ1n) is 7.69. The lowest BCUT2D eigenvalue weighted by molar-refractivity contribution is -0.133. The molecule has 0 saturated carbocycles. The number of carbonyl (C=O) groups is 1. The van der Waals surface area contributed by atoms with Gasteiger partial charge in [-0.25, -0.2) is 4.39 Å². The van der Waals surface area contributed by atoms with Gasteiger partial charge in [0.15, 0.2) is 0 Å². The molecule has 0 bridgehead atoms. The molecule has 2 aromatic carbocycles. The van der Waals surface area contributed by atoms with Gasteiger partial charge in [-0.1, -0.05) is 23.7 Å². The summed E-state index contributed by atoms with van der Waals surface area (Å²) < 4.78 is 18.5. The van der Waals surface area contributed by atoms with Crippen LogP contribution in [-0.2, 0) is 16.0 Å². The number of halogens is 2. The van der Waals surface area contributed by atoms with Crippen LogP contribution in [0, 0.1) is 17.1 Å². The maximum Gasteiger partial charge on any atom is 0.293 e. The van der Waals surface area contributed by atoms with Gasteiger partial charge >= 0.3 is 0 Å². The van der Waals surface area contributed by atoms with Gasteiger partial charge in [0.2, 0.25) is 0 Å². The van der Waals surface area contributed by atoms with Gasteiger partial charge in [-0.15, -0.1) is 0 Å². The van der Waals surface area contributed by atoms with Crippen molar-refractivity contribution in [3.05, 3.63) is 76.2 Å². The van der Waals surface area contributed by atoms with Crippen molar-refractivity contribution in [3.63, 3.8) is 0 Å². The molecule has 0 spiro atoms. The summed E-state index contributed by atoms with van der Waals surface area (Å²) in [5.74, 6) is -0.497. The number of rotatable bonds is 6. The number of ether oxygens (including phenoxy) is 1. The minimum atomic E-state index is -0.564. The molecule has 0 aliphatic carbocycles. The van der Waals surface area contributed by atoms with Crippen LogP contribution in [0.5, 0.6) is 0 Å². The molecule has 3 aromatic rings. The van der Waals surface area contributed by atoms with E-state index in [1.165, 1.54) is 12.1 Å². The lowest BCUT2D eigenvalue weighted by Gasteiger charge is -2.14. The Labute approximate surface area is 154 Å². The number of nitrogens with one attached hydrogen (secondary N) is 1. The fourth-order valence-corrected chi connectivity index (χ4v) is 2.77. The van der Waals surface area contributed by atoms with Gasteiger partial charge in [0.05, 0.1) is 22.3 Å². The summed E-state index contributed by atoms with van der Waals surface area (Å²) >= 11 is 5.81. The summed E-state index contributed by atoms with van der Waals surface area (Å²) in [6.45, 7) is 0.376. The first-order valence-corrected chi connectivity index (χ1v) is 8.07. The Morgan fingerprint density at radius 2 is 2.15 bits per heavy atom. The highest BCUT2D eigenvalue weighted by Gasteiger charge is 2.16. The van der Waals surface area contributed by atoms with Crippen LogP contribution in [0.25, 0.3) is 11.3 Å². The SMILES string of the molecule is N#Cc1cccc(C(Cc2cc(-c3ccc(F)c(Cl)c3)n[nH]2)OC=O)c1. The minimum absolute atomic E-state index is 0.0162. The van der Waals surface area contributed by atoms with E-state index in [2.05, 4.69) is 16.3 Å². The monoisotopic (exact) mass is 369 g/mol. The topological polar surface area (TPSA) is 78.8 Å². The van der Waals surface area contributed by atoms with Crippen molar-refractivity contribution >= 4 is 18.1 Å². The van der Waals surface area contributed by atoms with Crippen LogP contribution in [0.3, 0.4) is 0 Å². The van der Waals surface area contributed by atoms with Gasteiger partial charge in [-0.3, -0.25) is 9.89 Å². The van der Waals surface area contributed by atoms with Crippen molar-refractivity contribution in [1.82, 2.24) is 10.2 Å². The Bertz CT molecular complexity index is 981. The number of hydrogen-bond donors (Lipinski definition) is 1. The average molecular weight is 370 g/mol. The fraction of sp³-hybridized carbons (Fsp3) is 0.105. The number of benzene rings is 2. The number of nitrogens with zero attached hydrogens (tertiary/aromatic N) is 2. The van der Waals surface area contributed by atoms with E-state index < -0.39 is 11.9 Å². The second-order valence-corrected chi connectivity index (χ2v) is 5.98. The molecule has 0 aliphatic heterocycles. The summed E-state index contributed by atoms with van der Waals surface area (Å²) in [7, 11) is 0. The predicted molar refractivity (Wildman–Crippen MR) is 93.7 cm³/mol. The number of aromatic nitrogens is 2. The van der Waals surface area contributed by atoms with Gasteiger partial charge < -0.3 is 4.74 Å². The van der Waals surface area contributed by atoms with Gasteiger partial charge in [-0.2, -0.15) is 10.4 Å². The van der Waals surface area contributed by atoms with Crippen molar-refractivity contribution in [2.75, 3.05) is 0 Å². The molecule has 0 radical (unpaired) electrons. The number of hydrogen-bond acceptors (Lipinski definition) is 4. The first-order chi connectivity index (χ1) is 12.6. The molecular weight excluding hydrogens is 357 g/mol. The molecular formula is C19H13ClFN3O2. The van der Waals surface area contributed by atoms with Crippen LogP contribution in [0.4, 0.5) is 4.39 Å². The molecule has 5 nitrogen and oxygen atoms in total. The maximum atomic E-state index is 13.3. The highest BCUT2D eigenvalue weighted by molar-refractivity contribution is 6.31. The summed E-state index contributed by atoms with van der Waals surface area (Å²) in [4.78, 5) is 10.9. The predicted octanol–water partition coefficient (Wildman–Crippen LogP) is 4.20. The normalized spacial score (nSPS) is 11.6. The van der Waals surface area contributed by atoms with E-state index in [-0.39, 0.29) is 5.02 Å². The van der Waals surface area contributed by atoms with Crippen LogP contribution < -0.4 is 0 Å². The van der Waals surface area contributed by atoms with E-state index in [1.807, 2.05) is 0 Å². The van der Waals surface area contributed by atoms with Crippen molar-refractivity contribution in [1.29, 1.82) is 5.26 Å². The number of H-pyrrole nitrogens is 1. The third-order valence-corrected chi connectivity index (χ3v) is 4.15. The summed E-state index contributed by atoms with van der Waals surface area (Å²) in [6, 6.07) is 15.0. The van der Waals surface area contributed by atoms with Gasteiger partial charge in [-0.05, 0) is 42.0 Å². The Kier molecular flexibility index (Phi) is 5.30. The Morgan fingerprint density at radius 3 is 2.88 bits per heavy atom. The number of carbonyl (C=O) groups excluding carboxylic acids is 1. The third-order valence-electron chi connectivity index (χ3n) is 3.86. The first kappa shape index (κ1) is 17.6. The highest BCUT2D eigenvalue weighted by atomic mass is 35.5.